The Balaban J connectivity index is 1.37. The summed E-state index contributed by atoms with van der Waals surface area (Å²) in [6.45, 7) is 4.34. The fraction of sp³-hybridized carbons (Fsp3) is 0.367. The second-order valence-electron chi connectivity index (χ2n) is 10.2. The van der Waals surface area contributed by atoms with E-state index in [0.29, 0.717) is 38.0 Å². The molecule has 1 heterocycles. The molecule has 1 atom stereocenters. The van der Waals surface area contributed by atoms with Crippen LogP contribution in [0, 0.1) is 5.41 Å². The SMILES string of the molecule is CCCC[C@H](NC(=O)C1(C(=O)O)CCC1)C(=O)Nc1ccc(COc2ccccc2C2=CC(C)=C(N)N[I-]2)cc1. The van der Waals surface area contributed by atoms with E-state index < -0.39 is 44.8 Å². The van der Waals surface area contributed by atoms with Crippen LogP contribution in [-0.4, -0.2) is 28.9 Å². The summed E-state index contributed by atoms with van der Waals surface area (Å²) in [6.07, 6.45) is 5.41. The zero-order valence-corrected chi connectivity index (χ0v) is 24.9. The topological polar surface area (TPSA) is 143 Å². The van der Waals surface area contributed by atoms with Crippen LogP contribution in [0.25, 0.3) is 3.58 Å². The first kappa shape index (κ1) is 29.4. The Labute approximate surface area is 245 Å². The molecular formula is C30H36IN4O5-. The molecule has 2 aromatic carbocycles. The van der Waals surface area contributed by atoms with Crippen molar-refractivity contribution in [3.63, 3.8) is 0 Å². The fourth-order valence-corrected chi connectivity index (χ4v) is 6.87. The van der Waals surface area contributed by atoms with Crippen molar-refractivity contribution >= 4 is 27.1 Å². The summed E-state index contributed by atoms with van der Waals surface area (Å²) < 4.78 is 10.7. The summed E-state index contributed by atoms with van der Waals surface area (Å²) in [5, 5.41) is 15.2. The number of rotatable bonds is 12. The number of allylic oxidation sites excluding steroid dienone is 2. The molecule has 9 nitrogen and oxygen atoms in total. The number of para-hydroxylation sites is 1. The van der Waals surface area contributed by atoms with Gasteiger partial charge in [-0.3, -0.25) is 9.59 Å². The van der Waals surface area contributed by atoms with Gasteiger partial charge in [-0.2, -0.15) is 0 Å². The number of nitrogens with one attached hydrogen (secondary N) is 3. The summed E-state index contributed by atoms with van der Waals surface area (Å²) in [5.41, 5.74) is 8.14. The minimum absolute atomic E-state index is 0.297. The number of amides is 2. The van der Waals surface area contributed by atoms with Crippen molar-refractivity contribution in [2.75, 3.05) is 5.32 Å². The number of unbranched alkanes of at least 4 members (excludes halogenated alkanes) is 1. The van der Waals surface area contributed by atoms with E-state index in [1.807, 2.05) is 50.2 Å². The van der Waals surface area contributed by atoms with Crippen molar-refractivity contribution in [2.24, 2.45) is 11.1 Å². The van der Waals surface area contributed by atoms with Crippen LogP contribution >= 0.6 is 0 Å². The number of hydrogen-bond acceptors (Lipinski definition) is 6. The molecule has 2 aromatic rings. The molecule has 4 rings (SSSR count). The van der Waals surface area contributed by atoms with Gasteiger partial charge in [0.2, 0.25) is 5.91 Å². The van der Waals surface area contributed by atoms with Gasteiger partial charge < -0.3 is 10.4 Å². The van der Waals surface area contributed by atoms with E-state index >= 15 is 0 Å². The Morgan fingerprint density at radius 1 is 1.15 bits per heavy atom. The minimum atomic E-state index is -1.42. The van der Waals surface area contributed by atoms with Crippen molar-refractivity contribution in [2.45, 2.75) is 65.0 Å². The Hall–Kier alpha value is -3.54. The van der Waals surface area contributed by atoms with Gasteiger partial charge in [0.15, 0.2) is 0 Å². The molecule has 214 valence electrons. The van der Waals surface area contributed by atoms with Gasteiger partial charge in [0, 0.05) is 0 Å². The maximum absolute atomic E-state index is 13.1. The standard InChI is InChI=1S/C30H36IN4O5/c1-3-4-9-24(34-28(37)30(29(38)39)15-7-16-30)27(36)33-21-13-11-20(12-14-21)18-40-25-10-6-5-8-22(25)23-17-19(2)26(32)35-31-23/h5-6,8,10-14,17,24,35H,3-4,7,9,15-16,18,32H2,1-2H3,(H,33,36)(H,34,37)(H,38,39)/q-1/t24-/m0/s1. The molecule has 1 aliphatic heterocycles. The molecule has 2 aliphatic rings. The molecular weight excluding hydrogens is 623 g/mol. The van der Waals surface area contributed by atoms with Crippen LogP contribution in [0.3, 0.4) is 0 Å². The van der Waals surface area contributed by atoms with E-state index in [1.165, 1.54) is 3.58 Å². The molecule has 2 amide bonds. The van der Waals surface area contributed by atoms with E-state index in [1.54, 1.807) is 12.1 Å². The number of carbonyl (C=O) groups is 3. The maximum atomic E-state index is 13.1. The van der Waals surface area contributed by atoms with Crippen LogP contribution in [0.2, 0.25) is 0 Å². The normalized spacial score (nSPS) is 16.8. The summed E-state index contributed by atoms with van der Waals surface area (Å²) in [7, 11) is 0. The van der Waals surface area contributed by atoms with Gasteiger partial charge in [-0.15, -0.1) is 0 Å². The molecule has 0 bridgehead atoms. The number of nitrogens with two attached hydrogens (primary N) is 1. The molecule has 10 heteroatoms. The molecule has 0 aromatic heterocycles. The molecule has 1 fully saturated rings. The average Bonchev–Trinajstić information content (AvgIpc) is 2.91. The zero-order chi connectivity index (χ0) is 28.7. The summed E-state index contributed by atoms with van der Waals surface area (Å²) in [4.78, 5) is 37.6. The first-order valence-corrected chi connectivity index (χ1v) is 15.6. The summed E-state index contributed by atoms with van der Waals surface area (Å²) in [6, 6.07) is 14.5. The Morgan fingerprint density at radius 2 is 1.88 bits per heavy atom. The number of carboxylic acids is 1. The van der Waals surface area contributed by atoms with Gasteiger partial charge in [0.25, 0.3) is 0 Å². The van der Waals surface area contributed by atoms with Crippen molar-refractivity contribution in [3.8, 4) is 5.75 Å². The number of halogens is 1. The number of carbonyl (C=O) groups excluding carboxylic acids is 2. The quantitative estimate of drug-likeness (QED) is 0.131. The second-order valence-corrected chi connectivity index (χ2v) is 12.4. The zero-order valence-electron chi connectivity index (χ0n) is 22.8. The van der Waals surface area contributed by atoms with Crippen molar-refractivity contribution < 1.29 is 45.7 Å². The number of carboxylic acid groups (broad SMARTS) is 1. The van der Waals surface area contributed by atoms with Gasteiger partial charge in [-0.1, -0.05) is 26.2 Å². The molecule has 0 unspecified atom stereocenters. The first-order valence-electron chi connectivity index (χ1n) is 13.5. The van der Waals surface area contributed by atoms with E-state index in [0.717, 1.165) is 41.1 Å². The van der Waals surface area contributed by atoms with E-state index in [2.05, 4.69) is 20.2 Å². The fourth-order valence-electron chi connectivity index (χ4n) is 4.51. The molecule has 1 aliphatic carbocycles. The van der Waals surface area contributed by atoms with Crippen LogP contribution in [0.4, 0.5) is 5.69 Å². The molecule has 1 saturated carbocycles. The van der Waals surface area contributed by atoms with E-state index in [-0.39, 0.29) is 5.91 Å². The third-order valence-corrected chi connectivity index (χ3v) is 9.62. The Morgan fingerprint density at radius 3 is 2.50 bits per heavy atom. The predicted octanol–water partition coefficient (Wildman–Crippen LogP) is 1.27. The monoisotopic (exact) mass is 659 g/mol. The van der Waals surface area contributed by atoms with Crippen LogP contribution in [0.15, 0.2) is 66.0 Å². The van der Waals surface area contributed by atoms with Crippen molar-refractivity contribution in [3.05, 3.63) is 77.1 Å². The number of aliphatic carboxylic acids is 1. The van der Waals surface area contributed by atoms with Gasteiger partial charge >= 0.3 is 169 Å². The van der Waals surface area contributed by atoms with Gasteiger partial charge in [-0.25, -0.2) is 0 Å². The van der Waals surface area contributed by atoms with E-state index in [9.17, 15) is 19.5 Å². The Kier molecular flexibility index (Phi) is 9.72. The van der Waals surface area contributed by atoms with Crippen LogP contribution < -0.4 is 46.1 Å². The molecule has 0 saturated heterocycles. The molecule has 0 spiro atoms. The van der Waals surface area contributed by atoms with E-state index in [4.69, 9.17) is 10.5 Å². The van der Waals surface area contributed by atoms with Gasteiger partial charge in [0.05, 0.1) is 0 Å². The average molecular weight is 660 g/mol. The third kappa shape index (κ3) is 6.78. The number of ether oxygens (including phenoxy) is 1. The van der Waals surface area contributed by atoms with Gasteiger partial charge in [-0.05, 0) is 19.3 Å². The third-order valence-electron chi connectivity index (χ3n) is 7.30. The van der Waals surface area contributed by atoms with Crippen molar-refractivity contribution in [1.29, 1.82) is 0 Å². The number of hydrogen-bond donors (Lipinski definition) is 5. The van der Waals surface area contributed by atoms with Crippen LogP contribution in [-0.2, 0) is 21.0 Å². The Bertz CT molecular complexity index is 1320. The second kappa shape index (κ2) is 13.2. The number of benzene rings is 2. The predicted molar refractivity (Wildman–Crippen MR) is 149 cm³/mol. The number of anilines is 1. The van der Waals surface area contributed by atoms with Crippen molar-refractivity contribution in [1.82, 2.24) is 8.85 Å². The first-order chi connectivity index (χ1) is 19.2. The molecule has 6 N–H and O–H groups in total. The van der Waals surface area contributed by atoms with Crippen LogP contribution in [0.1, 0.15) is 63.5 Å². The van der Waals surface area contributed by atoms with Gasteiger partial charge in [0.1, 0.15) is 5.41 Å². The summed E-state index contributed by atoms with van der Waals surface area (Å²) >= 11 is -0.465. The van der Waals surface area contributed by atoms with Crippen LogP contribution in [0.5, 0.6) is 5.75 Å². The molecule has 40 heavy (non-hydrogen) atoms. The molecule has 0 radical (unpaired) electrons. The summed E-state index contributed by atoms with van der Waals surface area (Å²) in [5.74, 6) is -0.546.